The first kappa shape index (κ1) is 12.7. The molecular weight excluding hydrogens is 206 g/mol. The third-order valence-electron chi connectivity index (χ3n) is 2.18. The lowest BCUT2D eigenvalue weighted by atomic mass is 10.2. The molecule has 5 nitrogen and oxygen atoms in total. The highest BCUT2D eigenvalue weighted by Crippen LogP contribution is 2.02. The first-order valence-electron chi connectivity index (χ1n) is 5.51. The largest absolute Gasteiger partial charge is 0.383 e. The number of aromatic amines is 1. The van der Waals surface area contributed by atoms with E-state index in [2.05, 4.69) is 22.4 Å². The lowest BCUT2D eigenvalue weighted by Gasteiger charge is -2.10. The van der Waals surface area contributed by atoms with E-state index in [1.54, 1.807) is 13.2 Å². The number of amides is 1. The molecule has 0 aliphatic heterocycles. The molecule has 0 fully saturated rings. The van der Waals surface area contributed by atoms with Gasteiger partial charge in [0.1, 0.15) is 5.69 Å². The number of carbonyl (C=O) groups is 1. The normalized spacial score (nSPS) is 12.4. The zero-order valence-corrected chi connectivity index (χ0v) is 10.0. The molecular formula is C11H19N3O2. The van der Waals surface area contributed by atoms with Crippen molar-refractivity contribution in [1.82, 2.24) is 15.5 Å². The first-order chi connectivity index (χ1) is 7.67. The SMILES string of the molecule is CCCc1cc(C(=O)NC(C)COC)n[nH]1. The predicted octanol–water partition coefficient (Wildman–Crippen LogP) is 1.13. The van der Waals surface area contributed by atoms with Gasteiger partial charge in [-0.2, -0.15) is 5.10 Å². The fourth-order valence-corrected chi connectivity index (χ4v) is 1.46. The minimum Gasteiger partial charge on any atom is -0.383 e. The molecule has 1 unspecified atom stereocenters. The number of ether oxygens (including phenoxy) is 1. The second-order valence-electron chi connectivity index (χ2n) is 3.86. The number of hydrogen-bond donors (Lipinski definition) is 2. The Balaban J connectivity index is 2.52. The van der Waals surface area contributed by atoms with E-state index in [1.165, 1.54) is 0 Å². The predicted molar refractivity (Wildman–Crippen MR) is 61.4 cm³/mol. The highest BCUT2D eigenvalue weighted by molar-refractivity contribution is 5.92. The number of carbonyl (C=O) groups excluding carboxylic acids is 1. The lowest BCUT2D eigenvalue weighted by Crippen LogP contribution is -2.35. The quantitative estimate of drug-likeness (QED) is 0.762. The number of aromatic nitrogens is 2. The Morgan fingerprint density at radius 1 is 1.69 bits per heavy atom. The maximum Gasteiger partial charge on any atom is 0.272 e. The van der Waals surface area contributed by atoms with Gasteiger partial charge >= 0.3 is 0 Å². The Morgan fingerprint density at radius 3 is 3.06 bits per heavy atom. The summed E-state index contributed by atoms with van der Waals surface area (Å²) in [6.07, 6.45) is 1.94. The molecule has 90 valence electrons. The summed E-state index contributed by atoms with van der Waals surface area (Å²) >= 11 is 0. The van der Waals surface area contributed by atoms with E-state index in [-0.39, 0.29) is 11.9 Å². The Hall–Kier alpha value is -1.36. The molecule has 1 atom stereocenters. The summed E-state index contributed by atoms with van der Waals surface area (Å²) in [5.41, 5.74) is 1.43. The number of methoxy groups -OCH3 is 1. The van der Waals surface area contributed by atoms with Gasteiger partial charge in [-0.15, -0.1) is 0 Å². The maximum atomic E-state index is 11.7. The molecule has 1 amide bonds. The summed E-state index contributed by atoms with van der Waals surface area (Å²) < 4.78 is 4.94. The fraction of sp³-hybridized carbons (Fsp3) is 0.636. The van der Waals surface area contributed by atoms with Crippen LogP contribution in [0.2, 0.25) is 0 Å². The molecule has 16 heavy (non-hydrogen) atoms. The van der Waals surface area contributed by atoms with E-state index >= 15 is 0 Å². The molecule has 0 aliphatic rings. The smallest absolute Gasteiger partial charge is 0.272 e. The standard InChI is InChI=1S/C11H19N3O2/c1-4-5-9-6-10(14-13-9)11(15)12-8(2)7-16-3/h6,8H,4-5,7H2,1-3H3,(H,12,15)(H,13,14). The van der Waals surface area contributed by atoms with Gasteiger partial charge in [-0.3, -0.25) is 9.89 Å². The minimum atomic E-state index is -0.164. The van der Waals surface area contributed by atoms with Crippen molar-refractivity contribution in [2.45, 2.75) is 32.7 Å². The summed E-state index contributed by atoms with van der Waals surface area (Å²) in [7, 11) is 1.61. The Labute approximate surface area is 95.6 Å². The summed E-state index contributed by atoms with van der Waals surface area (Å²) in [4.78, 5) is 11.7. The van der Waals surface area contributed by atoms with E-state index in [0.717, 1.165) is 18.5 Å². The zero-order chi connectivity index (χ0) is 12.0. The van der Waals surface area contributed by atoms with Crippen LogP contribution in [0.25, 0.3) is 0 Å². The van der Waals surface area contributed by atoms with Gasteiger partial charge in [0.25, 0.3) is 5.91 Å². The first-order valence-corrected chi connectivity index (χ1v) is 5.51. The Bertz CT molecular complexity index is 336. The average molecular weight is 225 g/mol. The van der Waals surface area contributed by atoms with E-state index in [0.29, 0.717) is 12.3 Å². The minimum absolute atomic E-state index is 0.0103. The van der Waals surface area contributed by atoms with Crippen molar-refractivity contribution in [2.24, 2.45) is 0 Å². The van der Waals surface area contributed by atoms with Crippen LogP contribution >= 0.6 is 0 Å². The van der Waals surface area contributed by atoms with Crippen LogP contribution in [0.15, 0.2) is 6.07 Å². The van der Waals surface area contributed by atoms with Crippen LogP contribution in [0.5, 0.6) is 0 Å². The summed E-state index contributed by atoms with van der Waals surface area (Å²) in [6, 6.07) is 1.78. The fourth-order valence-electron chi connectivity index (χ4n) is 1.46. The average Bonchev–Trinajstić information content (AvgIpc) is 2.67. The topological polar surface area (TPSA) is 67.0 Å². The molecule has 0 saturated heterocycles. The highest BCUT2D eigenvalue weighted by atomic mass is 16.5. The van der Waals surface area contributed by atoms with Crippen LogP contribution in [-0.4, -0.2) is 35.9 Å². The van der Waals surface area contributed by atoms with Gasteiger partial charge in [0, 0.05) is 18.8 Å². The van der Waals surface area contributed by atoms with Crippen LogP contribution in [0.3, 0.4) is 0 Å². The second kappa shape index (κ2) is 6.27. The molecule has 0 bridgehead atoms. The molecule has 2 N–H and O–H groups in total. The monoisotopic (exact) mass is 225 g/mol. The van der Waals surface area contributed by atoms with E-state index in [4.69, 9.17) is 4.74 Å². The van der Waals surface area contributed by atoms with Crippen LogP contribution in [0.1, 0.15) is 36.5 Å². The van der Waals surface area contributed by atoms with Crippen molar-refractivity contribution in [3.8, 4) is 0 Å². The molecule has 0 radical (unpaired) electrons. The number of hydrogen-bond acceptors (Lipinski definition) is 3. The molecule has 1 heterocycles. The summed E-state index contributed by atoms with van der Waals surface area (Å²) in [5.74, 6) is -0.164. The number of nitrogens with zero attached hydrogens (tertiary/aromatic N) is 1. The van der Waals surface area contributed by atoms with Gasteiger partial charge in [-0.25, -0.2) is 0 Å². The van der Waals surface area contributed by atoms with Crippen molar-refractivity contribution in [3.63, 3.8) is 0 Å². The van der Waals surface area contributed by atoms with Gasteiger partial charge < -0.3 is 10.1 Å². The molecule has 0 aromatic carbocycles. The van der Waals surface area contributed by atoms with E-state index in [1.807, 2.05) is 6.92 Å². The van der Waals surface area contributed by atoms with Crippen LogP contribution < -0.4 is 5.32 Å². The third-order valence-corrected chi connectivity index (χ3v) is 2.18. The lowest BCUT2D eigenvalue weighted by molar-refractivity contribution is 0.0900. The van der Waals surface area contributed by atoms with Crippen molar-refractivity contribution >= 4 is 5.91 Å². The highest BCUT2D eigenvalue weighted by Gasteiger charge is 2.12. The van der Waals surface area contributed by atoms with Crippen molar-refractivity contribution < 1.29 is 9.53 Å². The van der Waals surface area contributed by atoms with Gasteiger partial charge in [0.2, 0.25) is 0 Å². The van der Waals surface area contributed by atoms with E-state index in [9.17, 15) is 4.79 Å². The van der Waals surface area contributed by atoms with Crippen LogP contribution in [-0.2, 0) is 11.2 Å². The number of nitrogens with one attached hydrogen (secondary N) is 2. The molecule has 0 saturated carbocycles. The van der Waals surface area contributed by atoms with E-state index < -0.39 is 0 Å². The Kier molecular flexibility index (Phi) is 4.98. The maximum absolute atomic E-state index is 11.7. The van der Waals surface area contributed by atoms with Crippen LogP contribution in [0.4, 0.5) is 0 Å². The third kappa shape index (κ3) is 3.66. The van der Waals surface area contributed by atoms with Crippen molar-refractivity contribution in [2.75, 3.05) is 13.7 Å². The van der Waals surface area contributed by atoms with Crippen molar-refractivity contribution in [3.05, 3.63) is 17.5 Å². The number of H-pyrrole nitrogens is 1. The summed E-state index contributed by atoms with van der Waals surface area (Å²) in [6.45, 7) is 4.47. The van der Waals surface area contributed by atoms with Gasteiger partial charge in [0.05, 0.1) is 6.61 Å². The van der Waals surface area contributed by atoms with Gasteiger partial charge in [-0.05, 0) is 19.4 Å². The number of rotatable bonds is 6. The molecule has 1 aromatic heterocycles. The van der Waals surface area contributed by atoms with Gasteiger partial charge in [-0.1, -0.05) is 13.3 Å². The number of aryl methyl sites for hydroxylation is 1. The second-order valence-corrected chi connectivity index (χ2v) is 3.86. The zero-order valence-electron chi connectivity index (χ0n) is 10.0. The molecule has 0 aliphatic carbocycles. The van der Waals surface area contributed by atoms with Crippen molar-refractivity contribution in [1.29, 1.82) is 0 Å². The van der Waals surface area contributed by atoms with Gasteiger partial charge in [0.15, 0.2) is 0 Å². The summed E-state index contributed by atoms with van der Waals surface area (Å²) in [5, 5.41) is 9.63. The molecule has 0 spiro atoms. The molecule has 1 rings (SSSR count). The Morgan fingerprint density at radius 2 is 2.44 bits per heavy atom. The molecule has 5 heteroatoms. The molecule has 1 aromatic rings. The van der Waals surface area contributed by atoms with Crippen LogP contribution in [0, 0.1) is 0 Å².